The Morgan fingerprint density at radius 3 is 2.38 bits per heavy atom. The standard InChI is InChI=1S/C15H16ClN5O3/c16-10-3-1-2-4-11(10)19-15(24)21-7-5-20(6-8-21)13(22)12-9-17-14(23)18-12/h1-4,9H,5-8H2,(H,19,24)(H2,17,18,23). The summed E-state index contributed by atoms with van der Waals surface area (Å²) in [5, 5.41) is 3.23. The van der Waals surface area contributed by atoms with Crippen LogP contribution in [0.4, 0.5) is 10.5 Å². The molecule has 1 aromatic heterocycles. The van der Waals surface area contributed by atoms with Crippen LogP contribution >= 0.6 is 11.6 Å². The van der Waals surface area contributed by atoms with Crippen LogP contribution in [-0.4, -0.2) is 57.9 Å². The zero-order valence-electron chi connectivity index (χ0n) is 12.7. The van der Waals surface area contributed by atoms with Gasteiger partial charge in [0.15, 0.2) is 0 Å². The van der Waals surface area contributed by atoms with Gasteiger partial charge >= 0.3 is 11.7 Å². The number of imidazole rings is 1. The van der Waals surface area contributed by atoms with Crippen molar-refractivity contribution in [3.63, 3.8) is 0 Å². The summed E-state index contributed by atoms with van der Waals surface area (Å²) >= 11 is 6.02. The Kier molecular flexibility index (Phi) is 4.57. The van der Waals surface area contributed by atoms with Crippen molar-refractivity contribution < 1.29 is 9.59 Å². The monoisotopic (exact) mass is 349 g/mol. The summed E-state index contributed by atoms with van der Waals surface area (Å²) in [5.74, 6) is -0.264. The fourth-order valence-electron chi connectivity index (χ4n) is 2.49. The van der Waals surface area contributed by atoms with E-state index in [1.54, 1.807) is 34.1 Å². The maximum atomic E-state index is 12.3. The number of nitrogens with one attached hydrogen (secondary N) is 3. The van der Waals surface area contributed by atoms with Crippen LogP contribution in [0.25, 0.3) is 0 Å². The largest absolute Gasteiger partial charge is 0.334 e. The Hall–Kier alpha value is -2.74. The summed E-state index contributed by atoms with van der Waals surface area (Å²) < 4.78 is 0. The summed E-state index contributed by atoms with van der Waals surface area (Å²) in [6.45, 7) is 1.58. The van der Waals surface area contributed by atoms with Gasteiger partial charge in [0.05, 0.1) is 10.7 Å². The summed E-state index contributed by atoms with van der Waals surface area (Å²) in [5.41, 5.74) is 0.345. The van der Waals surface area contributed by atoms with Crippen molar-refractivity contribution in [3.05, 3.63) is 51.7 Å². The van der Waals surface area contributed by atoms with Gasteiger partial charge in [-0.05, 0) is 12.1 Å². The third kappa shape index (κ3) is 3.43. The van der Waals surface area contributed by atoms with E-state index in [2.05, 4.69) is 15.3 Å². The summed E-state index contributed by atoms with van der Waals surface area (Å²) in [6, 6.07) is 6.74. The Morgan fingerprint density at radius 1 is 1.08 bits per heavy atom. The van der Waals surface area contributed by atoms with Crippen molar-refractivity contribution >= 4 is 29.2 Å². The first-order valence-electron chi connectivity index (χ1n) is 7.42. The topological polar surface area (TPSA) is 101 Å². The zero-order chi connectivity index (χ0) is 17.1. The van der Waals surface area contributed by atoms with Gasteiger partial charge in [0.1, 0.15) is 5.69 Å². The van der Waals surface area contributed by atoms with Gasteiger partial charge in [-0.1, -0.05) is 23.7 Å². The van der Waals surface area contributed by atoms with Crippen LogP contribution in [0.15, 0.2) is 35.3 Å². The lowest BCUT2D eigenvalue weighted by Gasteiger charge is -2.34. The highest BCUT2D eigenvalue weighted by Gasteiger charge is 2.25. The molecule has 3 rings (SSSR count). The van der Waals surface area contributed by atoms with E-state index < -0.39 is 5.69 Å². The van der Waals surface area contributed by atoms with E-state index in [9.17, 15) is 14.4 Å². The highest BCUT2D eigenvalue weighted by Crippen LogP contribution is 2.21. The molecule has 2 aromatic rings. The van der Waals surface area contributed by atoms with Crippen molar-refractivity contribution in [1.29, 1.82) is 0 Å². The minimum absolute atomic E-state index is 0.217. The van der Waals surface area contributed by atoms with Crippen molar-refractivity contribution in [2.75, 3.05) is 31.5 Å². The lowest BCUT2D eigenvalue weighted by Crippen LogP contribution is -2.51. The lowest BCUT2D eigenvalue weighted by molar-refractivity contribution is 0.0666. The Balaban J connectivity index is 1.57. The second kappa shape index (κ2) is 6.79. The van der Waals surface area contributed by atoms with E-state index in [0.29, 0.717) is 36.9 Å². The molecule has 1 fully saturated rings. The van der Waals surface area contributed by atoms with Gasteiger partial charge in [-0.3, -0.25) is 4.79 Å². The molecule has 1 saturated heterocycles. The van der Waals surface area contributed by atoms with E-state index in [1.807, 2.05) is 0 Å². The normalized spacial score (nSPS) is 14.5. The van der Waals surface area contributed by atoms with E-state index in [-0.39, 0.29) is 17.6 Å². The van der Waals surface area contributed by atoms with Gasteiger partial charge in [-0.15, -0.1) is 0 Å². The molecule has 3 N–H and O–H groups in total. The number of para-hydroxylation sites is 1. The van der Waals surface area contributed by atoms with Crippen molar-refractivity contribution in [2.24, 2.45) is 0 Å². The number of H-pyrrole nitrogens is 2. The molecular weight excluding hydrogens is 334 g/mol. The van der Waals surface area contributed by atoms with Crippen molar-refractivity contribution in [3.8, 4) is 0 Å². The van der Waals surface area contributed by atoms with Crippen LogP contribution in [-0.2, 0) is 0 Å². The second-order valence-corrected chi connectivity index (χ2v) is 5.75. The predicted octanol–water partition coefficient (Wildman–Crippen LogP) is 1.35. The predicted molar refractivity (Wildman–Crippen MR) is 89.4 cm³/mol. The molecule has 1 aliphatic heterocycles. The molecule has 0 saturated carbocycles. The van der Waals surface area contributed by atoms with Gasteiger partial charge in [0, 0.05) is 32.4 Å². The number of nitrogens with zero attached hydrogens (tertiary/aromatic N) is 2. The summed E-state index contributed by atoms with van der Waals surface area (Å²) in [6.07, 6.45) is 1.35. The number of aromatic nitrogens is 2. The molecule has 9 heteroatoms. The quantitative estimate of drug-likeness (QED) is 0.762. The first-order valence-corrected chi connectivity index (χ1v) is 7.80. The van der Waals surface area contributed by atoms with E-state index >= 15 is 0 Å². The Morgan fingerprint density at radius 2 is 1.75 bits per heavy atom. The van der Waals surface area contributed by atoms with Gasteiger partial charge < -0.3 is 25.1 Å². The fourth-order valence-corrected chi connectivity index (χ4v) is 2.67. The maximum Gasteiger partial charge on any atom is 0.323 e. The van der Waals surface area contributed by atoms with E-state index in [1.165, 1.54) is 6.20 Å². The van der Waals surface area contributed by atoms with Crippen LogP contribution in [0, 0.1) is 0 Å². The van der Waals surface area contributed by atoms with Crippen LogP contribution in [0.2, 0.25) is 5.02 Å². The molecule has 126 valence electrons. The van der Waals surface area contributed by atoms with E-state index in [4.69, 9.17) is 11.6 Å². The lowest BCUT2D eigenvalue weighted by atomic mass is 10.3. The van der Waals surface area contributed by atoms with Crippen LogP contribution < -0.4 is 11.0 Å². The minimum atomic E-state index is -0.420. The first-order chi connectivity index (χ1) is 11.5. The van der Waals surface area contributed by atoms with Crippen LogP contribution in [0.1, 0.15) is 10.5 Å². The van der Waals surface area contributed by atoms with Gasteiger partial charge in [0.25, 0.3) is 5.91 Å². The molecule has 8 nitrogen and oxygen atoms in total. The molecule has 0 aliphatic carbocycles. The number of rotatable bonds is 2. The molecule has 0 atom stereocenters. The number of hydrogen-bond acceptors (Lipinski definition) is 3. The zero-order valence-corrected chi connectivity index (χ0v) is 13.5. The average molecular weight is 350 g/mol. The number of anilines is 1. The Labute approximate surface area is 142 Å². The maximum absolute atomic E-state index is 12.3. The molecular formula is C15H16ClN5O3. The third-order valence-electron chi connectivity index (χ3n) is 3.80. The van der Waals surface area contributed by atoms with E-state index in [0.717, 1.165) is 0 Å². The number of piperazine rings is 1. The average Bonchev–Trinajstić information content (AvgIpc) is 3.03. The number of halogens is 1. The van der Waals surface area contributed by atoms with Crippen LogP contribution in [0.5, 0.6) is 0 Å². The molecule has 0 bridgehead atoms. The highest BCUT2D eigenvalue weighted by atomic mass is 35.5. The summed E-state index contributed by atoms with van der Waals surface area (Å²) in [4.78, 5) is 43.6. The molecule has 0 spiro atoms. The third-order valence-corrected chi connectivity index (χ3v) is 4.13. The number of aromatic amines is 2. The number of amides is 3. The SMILES string of the molecule is O=C(Nc1ccccc1Cl)N1CCN(C(=O)c2c[nH]c(=O)[nH]2)CC1. The molecule has 24 heavy (non-hydrogen) atoms. The minimum Gasteiger partial charge on any atom is -0.334 e. The molecule has 1 aromatic carbocycles. The second-order valence-electron chi connectivity index (χ2n) is 5.35. The van der Waals surface area contributed by atoms with Crippen molar-refractivity contribution in [2.45, 2.75) is 0 Å². The molecule has 0 radical (unpaired) electrons. The number of urea groups is 1. The molecule has 2 heterocycles. The number of carbonyl (C=O) groups excluding carboxylic acids is 2. The number of carbonyl (C=O) groups is 2. The molecule has 0 unspecified atom stereocenters. The van der Waals surface area contributed by atoms with Gasteiger partial charge in [0.2, 0.25) is 0 Å². The molecule has 1 aliphatic rings. The molecule has 3 amide bonds. The number of hydrogen-bond donors (Lipinski definition) is 3. The highest BCUT2D eigenvalue weighted by molar-refractivity contribution is 6.33. The van der Waals surface area contributed by atoms with Crippen molar-refractivity contribution in [1.82, 2.24) is 19.8 Å². The Bertz CT molecular complexity index is 807. The van der Waals surface area contributed by atoms with Gasteiger partial charge in [-0.2, -0.15) is 0 Å². The van der Waals surface area contributed by atoms with Gasteiger partial charge in [-0.25, -0.2) is 9.59 Å². The first kappa shape index (κ1) is 16.1. The number of benzene rings is 1. The smallest absolute Gasteiger partial charge is 0.323 e. The summed E-state index contributed by atoms with van der Waals surface area (Å²) in [7, 11) is 0. The van der Waals surface area contributed by atoms with Crippen LogP contribution in [0.3, 0.4) is 0 Å². The fraction of sp³-hybridized carbons (Fsp3) is 0.267.